The van der Waals surface area contributed by atoms with Crippen molar-refractivity contribution in [3.63, 3.8) is 0 Å². The van der Waals surface area contributed by atoms with Crippen LogP contribution in [0.1, 0.15) is 19.4 Å². The Bertz CT molecular complexity index is 630. The molecule has 104 valence electrons. The topological polar surface area (TPSA) is 35.0 Å². The maximum Gasteiger partial charge on any atom is 0.322 e. The number of nitrogens with zero attached hydrogens (tertiary/aromatic N) is 2. The van der Waals surface area contributed by atoms with Gasteiger partial charge in [-0.15, -0.1) is 0 Å². The van der Waals surface area contributed by atoms with Gasteiger partial charge in [0.05, 0.1) is 5.52 Å². The molecule has 0 aliphatic rings. The van der Waals surface area contributed by atoms with Gasteiger partial charge in [-0.25, -0.2) is 4.98 Å². The van der Waals surface area contributed by atoms with E-state index in [1.54, 1.807) is 24.4 Å². The van der Waals surface area contributed by atoms with Crippen LogP contribution in [0.25, 0.3) is 10.9 Å². The van der Waals surface area contributed by atoms with E-state index in [2.05, 4.69) is 23.1 Å². The zero-order valence-corrected chi connectivity index (χ0v) is 12.3. The molecule has 1 aromatic heterocycles. The van der Waals surface area contributed by atoms with E-state index in [4.69, 9.17) is 4.74 Å². The monoisotopic (exact) mass is 268 g/mol. The first-order chi connectivity index (χ1) is 9.72. The molecule has 1 heterocycles. The van der Waals surface area contributed by atoms with Crippen molar-refractivity contribution in [2.24, 2.45) is 0 Å². The lowest BCUT2D eigenvalue weighted by molar-refractivity contribution is 0.410. The quantitative estimate of drug-likeness (QED) is 0.600. The lowest BCUT2D eigenvalue weighted by Gasteiger charge is -2.05. The second-order valence-corrected chi connectivity index (χ2v) is 3.83. The van der Waals surface area contributed by atoms with Gasteiger partial charge in [0.25, 0.3) is 0 Å². The molecule has 2 rings (SSSR count). The van der Waals surface area contributed by atoms with Crippen LogP contribution in [-0.2, 0) is 0 Å². The van der Waals surface area contributed by atoms with Crippen LogP contribution in [0.2, 0.25) is 0 Å². The highest BCUT2D eigenvalue weighted by Gasteiger charge is 2.02. The maximum absolute atomic E-state index is 5.50. The normalized spacial score (nSPS) is 10.4. The first-order valence-corrected chi connectivity index (χ1v) is 6.59. The molecule has 0 spiro atoms. The minimum atomic E-state index is 0.307. The third-order valence-electron chi connectivity index (χ3n) is 2.41. The summed E-state index contributed by atoms with van der Waals surface area (Å²) in [5.74, 6) is 0.567. The summed E-state index contributed by atoms with van der Waals surface area (Å²) in [7, 11) is 0. The molecule has 0 bridgehead atoms. The average molecular weight is 268 g/mol. The number of fused-ring (bicyclic) bond motifs is 1. The van der Waals surface area contributed by atoms with Crippen molar-refractivity contribution < 1.29 is 4.74 Å². The molecular formula is C17H20N2O. The summed E-state index contributed by atoms with van der Waals surface area (Å²) in [5, 5.41) is 0.987. The third-order valence-corrected chi connectivity index (χ3v) is 2.41. The molecule has 0 N–H and O–H groups in total. The first-order valence-electron chi connectivity index (χ1n) is 6.59. The standard InChI is InChI=1S/C15H14N2O.C2H6/c1-4-6-13(5-2)18-15-16-10-12-8-7-11(3)9-14(12)17-15;1-2/h4-10H,1-2H2,3H3;1-2H3/b13-6+;. The molecule has 0 radical (unpaired) electrons. The molecule has 0 fully saturated rings. The molecule has 2 aromatic rings. The summed E-state index contributed by atoms with van der Waals surface area (Å²) in [6.07, 6.45) is 6.66. The highest BCUT2D eigenvalue weighted by atomic mass is 16.5. The molecule has 0 aliphatic carbocycles. The Labute approximate surface area is 120 Å². The molecule has 3 nitrogen and oxygen atoms in total. The van der Waals surface area contributed by atoms with Crippen LogP contribution in [0.4, 0.5) is 0 Å². The Morgan fingerprint density at radius 3 is 2.65 bits per heavy atom. The third kappa shape index (κ3) is 4.05. The minimum absolute atomic E-state index is 0.307. The number of ether oxygens (including phenoxy) is 1. The summed E-state index contributed by atoms with van der Waals surface area (Å²) >= 11 is 0. The number of hydrogen-bond donors (Lipinski definition) is 0. The Morgan fingerprint density at radius 1 is 1.25 bits per heavy atom. The van der Waals surface area contributed by atoms with Crippen molar-refractivity contribution >= 4 is 10.9 Å². The van der Waals surface area contributed by atoms with Crippen molar-refractivity contribution in [2.75, 3.05) is 0 Å². The first kappa shape index (κ1) is 15.6. The number of rotatable bonds is 4. The smallest absolute Gasteiger partial charge is 0.322 e. The van der Waals surface area contributed by atoms with E-state index in [1.807, 2.05) is 39.0 Å². The van der Waals surface area contributed by atoms with E-state index < -0.39 is 0 Å². The van der Waals surface area contributed by atoms with Crippen LogP contribution in [0.15, 0.2) is 61.5 Å². The molecule has 0 aliphatic heterocycles. The predicted octanol–water partition coefficient (Wildman–Crippen LogP) is 4.60. The van der Waals surface area contributed by atoms with E-state index in [0.29, 0.717) is 11.8 Å². The van der Waals surface area contributed by atoms with Gasteiger partial charge >= 0.3 is 6.01 Å². The molecule has 0 saturated carbocycles. The molecule has 1 aromatic carbocycles. The Kier molecular flexibility index (Phi) is 6.17. The summed E-state index contributed by atoms with van der Waals surface area (Å²) in [6.45, 7) is 13.3. The molecule has 0 amide bonds. The fraction of sp³-hybridized carbons (Fsp3) is 0.176. The summed E-state index contributed by atoms with van der Waals surface area (Å²) in [4.78, 5) is 8.50. The largest absolute Gasteiger partial charge is 0.424 e. The Hall–Kier alpha value is -2.42. The molecule has 3 heteroatoms. The SMILES string of the molecule is C=C/C=C(\C=C)Oc1ncc2ccc(C)cc2n1.CC. The van der Waals surface area contributed by atoms with Gasteiger partial charge in [0.15, 0.2) is 0 Å². The van der Waals surface area contributed by atoms with Crippen LogP contribution in [-0.4, -0.2) is 9.97 Å². The zero-order chi connectivity index (χ0) is 15.0. The van der Waals surface area contributed by atoms with Gasteiger partial charge in [-0.2, -0.15) is 4.98 Å². The number of hydrogen-bond acceptors (Lipinski definition) is 3. The highest BCUT2D eigenvalue weighted by molar-refractivity contribution is 5.78. The highest BCUT2D eigenvalue weighted by Crippen LogP contribution is 2.16. The average Bonchev–Trinajstić information content (AvgIpc) is 2.48. The predicted molar refractivity (Wildman–Crippen MR) is 84.7 cm³/mol. The maximum atomic E-state index is 5.50. The van der Waals surface area contributed by atoms with Gasteiger partial charge in [0.1, 0.15) is 5.76 Å². The van der Waals surface area contributed by atoms with Crippen LogP contribution in [0.3, 0.4) is 0 Å². The van der Waals surface area contributed by atoms with Crippen LogP contribution >= 0.6 is 0 Å². The van der Waals surface area contributed by atoms with Crippen LogP contribution < -0.4 is 4.74 Å². The van der Waals surface area contributed by atoms with Gasteiger partial charge in [0, 0.05) is 11.6 Å². The van der Waals surface area contributed by atoms with E-state index in [1.165, 1.54) is 0 Å². The van der Waals surface area contributed by atoms with Crippen LogP contribution in [0, 0.1) is 6.92 Å². The number of aryl methyl sites for hydroxylation is 1. The fourth-order valence-corrected chi connectivity index (χ4v) is 1.53. The minimum Gasteiger partial charge on any atom is -0.424 e. The van der Waals surface area contributed by atoms with E-state index in [0.717, 1.165) is 16.5 Å². The van der Waals surface area contributed by atoms with Gasteiger partial charge in [-0.1, -0.05) is 45.2 Å². The second kappa shape index (κ2) is 7.89. The van der Waals surface area contributed by atoms with Gasteiger partial charge in [-0.05, 0) is 30.7 Å². The lowest BCUT2D eigenvalue weighted by atomic mass is 10.2. The van der Waals surface area contributed by atoms with Crippen molar-refractivity contribution in [2.45, 2.75) is 20.8 Å². The lowest BCUT2D eigenvalue weighted by Crippen LogP contribution is -1.97. The van der Waals surface area contributed by atoms with Crippen molar-refractivity contribution in [3.8, 4) is 6.01 Å². The van der Waals surface area contributed by atoms with Crippen molar-refractivity contribution in [3.05, 3.63) is 67.1 Å². The van der Waals surface area contributed by atoms with E-state index >= 15 is 0 Å². The number of aromatic nitrogens is 2. The van der Waals surface area contributed by atoms with E-state index in [9.17, 15) is 0 Å². The van der Waals surface area contributed by atoms with Gasteiger partial charge < -0.3 is 4.74 Å². The molecule has 0 atom stereocenters. The zero-order valence-electron chi connectivity index (χ0n) is 12.3. The molecule has 20 heavy (non-hydrogen) atoms. The number of allylic oxidation sites excluding steroid dienone is 3. The molecular weight excluding hydrogens is 248 g/mol. The Balaban J connectivity index is 0.000000956. The summed E-state index contributed by atoms with van der Waals surface area (Å²) in [5.41, 5.74) is 2.01. The van der Waals surface area contributed by atoms with Gasteiger partial charge in [0.2, 0.25) is 0 Å². The Morgan fingerprint density at radius 2 is 2.00 bits per heavy atom. The molecule has 0 unspecified atom stereocenters. The van der Waals surface area contributed by atoms with Crippen molar-refractivity contribution in [1.82, 2.24) is 9.97 Å². The summed E-state index contributed by atoms with van der Waals surface area (Å²) < 4.78 is 5.50. The molecule has 0 saturated heterocycles. The second-order valence-electron chi connectivity index (χ2n) is 3.83. The number of benzene rings is 1. The van der Waals surface area contributed by atoms with Crippen molar-refractivity contribution in [1.29, 1.82) is 0 Å². The van der Waals surface area contributed by atoms with E-state index in [-0.39, 0.29) is 0 Å². The van der Waals surface area contributed by atoms with Gasteiger partial charge in [-0.3, -0.25) is 0 Å². The summed E-state index contributed by atoms with van der Waals surface area (Å²) in [6, 6.07) is 6.32. The van der Waals surface area contributed by atoms with Crippen LogP contribution in [0.5, 0.6) is 6.01 Å². The fourth-order valence-electron chi connectivity index (χ4n) is 1.53.